The van der Waals surface area contributed by atoms with Crippen molar-refractivity contribution in [2.75, 3.05) is 12.4 Å². The van der Waals surface area contributed by atoms with Gasteiger partial charge in [0.2, 0.25) is 6.41 Å². The molecule has 0 spiro atoms. The van der Waals surface area contributed by atoms with Gasteiger partial charge in [0.15, 0.2) is 5.75 Å². The molecule has 0 unspecified atom stereocenters. The Bertz CT molecular complexity index is 1070. The highest BCUT2D eigenvalue weighted by Gasteiger charge is 2.14. The number of fused-ring (bicyclic) bond motifs is 1. The number of aromatic nitrogens is 2. The number of ether oxygens (including phenoxy) is 1. The largest absolute Gasteiger partial charge is 0.494 e. The van der Waals surface area contributed by atoms with Crippen LogP contribution in [0.15, 0.2) is 73.1 Å². The van der Waals surface area contributed by atoms with E-state index in [1.807, 2.05) is 59.2 Å². The molecular weight excluding hydrogens is 326 g/mol. The molecular formula is C21H17N3O2. The molecule has 1 amide bonds. The smallest absolute Gasteiger partial charge is 0.211 e. The van der Waals surface area contributed by atoms with Crippen molar-refractivity contribution in [1.82, 2.24) is 9.55 Å². The number of rotatable bonds is 5. The molecule has 4 rings (SSSR count). The van der Waals surface area contributed by atoms with Crippen molar-refractivity contribution in [1.29, 1.82) is 0 Å². The number of nitrogens with zero attached hydrogens (tertiary/aromatic N) is 2. The molecule has 1 aromatic heterocycles. The van der Waals surface area contributed by atoms with Crippen molar-refractivity contribution >= 4 is 23.1 Å². The summed E-state index contributed by atoms with van der Waals surface area (Å²) in [6.07, 6.45) is 2.42. The van der Waals surface area contributed by atoms with E-state index >= 15 is 0 Å². The molecule has 0 bridgehead atoms. The predicted molar refractivity (Wildman–Crippen MR) is 103 cm³/mol. The molecule has 0 atom stereocenters. The zero-order valence-corrected chi connectivity index (χ0v) is 14.2. The molecule has 0 aliphatic carbocycles. The third-order valence-corrected chi connectivity index (χ3v) is 4.32. The number of carbonyl (C=O) groups excluding carboxylic acids is 1. The van der Waals surface area contributed by atoms with Crippen molar-refractivity contribution < 1.29 is 9.53 Å². The summed E-state index contributed by atoms with van der Waals surface area (Å²) in [6.45, 7) is 0. The minimum Gasteiger partial charge on any atom is -0.494 e. The lowest BCUT2D eigenvalue weighted by molar-refractivity contribution is -0.105. The molecule has 5 heteroatoms. The summed E-state index contributed by atoms with van der Waals surface area (Å²) in [5.74, 6) is 0.785. The maximum absolute atomic E-state index is 10.6. The third kappa shape index (κ3) is 2.69. The summed E-state index contributed by atoms with van der Waals surface area (Å²) in [5.41, 5.74) is 5.46. The van der Waals surface area contributed by atoms with Crippen LogP contribution in [0.2, 0.25) is 0 Å². The summed E-state index contributed by atoms with van der Waals surface area (Å²) >= 11 is 0. The van der Waals surface area contributed by atoms with Gasteiger partial charge in [0.05, 0.1) is 23.8 Å². The first-order chi connectivity index (χ1) is 12.8. The Morgan fingerprint density at radius 1 is 1.04 bits per heavy atom. The van der Waals surface area contributed by atoms with Crippen molar-refractivity contribution in [2.45, 2.75) is 0 Å². The van der Waals surface area contributed by atoms with Crippen LogP contribution in [0, 0.1) is 0 Å². The topological polar surface area (TPSA) is 56.1 Å². The van der Waals surface area contributed by atoms with Gasteiger partial charge in [0.25, 0.3) is 0 Å². The van der Waals surface area contributed by atoms with Crippen molar-refractivity contribution in [3.63, 3.8) is 0 Å². The van der Waals surface area contributed by atoms with E-state index in [0.29, 0.717) is 12.1 Å². The number of para-hydroxylation sites is 1. The van der Waals surface area contributed by atoms with Gasteiger partial charge in [-0.25, -0.2) is 4.98 Å². The SMILES string of the molecule is COc1c(-c2ccccc2)cccc1-n1cnc2cc(NC=O)ccc21. The van der Waals surface area contributed by atoms with E-state index in [2.05, 4.69) is 22.4 Å². The van der Waals surface area contributed by atoms with E-state index in [9.17, 15) is 4.79 Å². The van der Waals surface area contributed by atoms with Crippen LogP contribution in [-0.4, -0.2) is 23.1 Å². The number of hydrogen-bond donors (Lipinski definition) is 1. The highest BCUT2D eigenvalue weighted by Crippen LogP contribution is 2.36. The second-order valence-corrected chi connectivity index (χ2v) is 5.80. The molecule has 0 saturated carbocycles. The molecule has 26 heavy (non-hydrogen) atoms. The van der Waals surface area contributed by atoms with Gasteiger partial charge in [-0.05, 0) is 29.8 Å². The Labute approximate surface area is 150 Å². The Morgan fingerprint density at radius 2 is 1.88 bits per heavy atom. The molecule has 1 heterocycles. The van der Waals surface area contributed by atoms with Crippen LogP contribution in [0.1, 0.15) is 0 Å². The van der Waals surface area contributed by atoms with Gasteiger partial charge in [0.1, 0.15) is 6.33 Å². The molecule has 0 saturated heterocycles. The van der Waals surface area contributed by atoms with Crippen LogP contribution in [0.25, 0.3) is 27.8 Å². The van der Waals surface area contributed by atoms with Crippen LogP contribution in [0.5, 0.6) is 5.75 Å². The van der Waals surface area contributed by atoms with Crippen LogP contribution in [0.3, 0.4) is 0 Å². The number of carbonyl (C=O) groups is 1. The van der Waals surface area contributed by atoms with Gasteiger partial charge in [0, 0.05) is 11.3 Å². The Kier molecular flexibility index (Phi) is 4.11. The van der Waals surface area contributed by atoms with Gasteiger partial charge < -0.3 is 10.1 Å². The van der Waals surface area contributed by atoms with E-state index in [1.165, 1.54) is 0 Å². The fraction of sp³-hybridized carbons (Fsp3) is 0.0476. The molecule has 128 valence electrons. The minimum atomic E-state index is 0.657. The summed E-state index contributed by atoms with van der Waals surface area (Å²) in [7, 11) is 1.68. The molecule has 0 radical (unpaired) electrons. The van der Waals surface area contributed by atoms with Gasteiger partial charge in [-0.3, -0.25) is 9.36 Å². The highest BCUT2D eigenvalue weighted by atomic mass is 16.5. The molecule has 5 nitrogen and oxygen atoms in total. The number of anilines is 1. The maximum Gasteiger partial charge on any atom is 0.211 e. The number of nitrogens with one attached hydrogen (secondary N) is 1. The first kappa shape index (κ1) is 15.9. The monoisotopic (exact) mass is 343 g/mol. The first-order valence-corrected chi connectivity index (χ1v) is 8.22. The zero-order valence-electron chi connectivity index (χ0n) is 14.2. The average Bonchev–Trinajstić information content (AvgIpc) is 3.11. The summed E-state index contributed by atoms with van der Waals surface area (Å²) < 4.78 is 7.75. The predicted octanol–water partition coefficient (Wildman–Crippen LogP) is 4.27. The molecule has 0 fully saturated rings. The number of methoxy groups -OCH3 is 1. The Hall–Kier alpha value is -3.60. The van der Waals surface area contributed by atoms with Gasteiger partial charge >= 0.3 is 0 Å². The van der Waals surface area contributed by atoms with E-state index in [0.717, 1.165) is 33.6 Å². The minimum absolute atomic E-state index is 0.657. The van der Waals surface area contributed by atoms with Crippen LogP contribution < -0.4 is 10.1 Å². The fourth-order valence-electron chi connectivity index (χ4n) is 3.14. The lowest BCUT2D eigenvalue weighted by atomic mass is 10.0. The average molecular weight is 343 g/mol. The summed E-state index contributed by atoms with van der Waals surface area (Å²) in [6, 6.07) is 21.8. The van der Waals surface area contributed by atoms with Gasteiger partial charge in [-0.2, -0.15) is 0 Å². The standard InChI is InChI=1S/C21H17N3O2/c1-26-21-17(15-6-3-2-4-7-15)8-5-9-20(21)24-13-22-18-12-16(23-14-25)10-11-19(18)24/h2-14H,1H3,(H,23,25). The van der Waals surface area contributed by atoms with Crippen LogP contribution in [-0.2, 0) is 4.79 Å². The molecule has 4 aromatic rings. The first-order valence-electron chi connectivity index (χ1n) is 8.22. The van der Waals surface area contributed by atoms with Crippen molar-refractivity contribution in [3.05, 3.63) is 73.1 Å². The second kappa shape index (κ2) is 6.72. The second-order valence-electron chi connectivity index (χ2n) is 5.80. The number of hydrogen-bond acceptors (Lipinski definition) is 3. The molecule has 0 aliphatic rings. The molecule has 3 aromatic carbocycles. The maximum atomic E-state index is 10.6. The quantitative estimate of drug-likeness (QED) is 0.551. The van der Waals surface area contributed by atoms with E-state index < -0.39 is 0 Å². The van der Waals surface area contributed by atoms with Gasteiger partial charge in [-0.15, -0.1) is 0 Å². The zero-order chi connectivity index (χ0) is 17.9. The molecule has 1 N–H and O–H groups in total. The normalized spacial score (nSPS) is 10.7. The van der Waals surface area contributed by atoms with Gasteiger partial charge in [-0.1, -0.05) is 42.5 Å². The van der Waals surface area contributed by atoms with E-state index in [1.54, 1.807) is 13.4 Å². The fourth-order valence-corrected chi connectivity index (χ4v) is 3.14. The summed E-state index contributed by atoms with van der Waals surface area (Å²) in [4.78, 5) is 15.1. The number of benzene rings is 3. The van der Waals surface area contributed by atoms with Crippen molar-refractivity contribution in [2.24, 2.45) is 0 Å². The van der Waals surface area contributed by atoms with Crippen molar-refractivity contribution in [3.8, 4) is 22.6 Å². The lowest BCUT2D eigenvalue weighted by Crippen LogP contribution is -1.99. The highest BCUT2D eigenvalue weighted by molar-refractivity contribution is 5.85. The van der Waals surface area contributed by atoms with Crippen LogP contribution >= 0.6 is 0 Å². The molecule has 0 aliphatic heterocycles. The summed E-state index contributed by atoms with van der Waals surface area (Å²) in [5, 5.41) is 2.65. The van der Waals surface area contributed by atoms with Crippen LogP contribution in [0.4, 0.5) is 5.69 Å². The Morgan fingerprint density at radius 3 is 2.65 bits per heavy atom. The van der Waals surface area contributed by atoms with E-state index in [4.69, 9.17) is 4.74 Å². The lowest BCUT2D eigenvalue weighted by Gasteiger charge is -2.15. The Balaban J connectivity index is 1.88. The third-order valence-electron chi connectivity index (χ3n) is 4.32. The number of amides is 1. The number of imidazole rings is 1. The van der Waals surface area contributed by atoms with E-state index in [-0.39, 0.29) is 0 Å².